The molecule has 0 unspecified atom stereocenters. The van der Waals surface area contributed by atoms with E-state index in [1.165, 1.54) is 17.3 Å². The van der Waals surface area contributed by atoms with E-state index in [1.54, 1.807) is 16.8 Å². The summed E-state index contributed by atoms with van der Waals surface area (Å²) in [7, 11) is 0. The van der Waals surface area contributed by atoms with Gasteiger partial charge in [0.1, 0.15) is 0 Å². The van der Waals surface area contributed by atoms with Gasteiger partial charge in [0.15, 0.2) is 0 Å². The molecule has 8 heteroatoms. The summed E-state index contributed by atoms with van der Waals surface area (Å²) in [4.78, 5) is 12.4. The van der Waals surface area contributed by atoms with Crippen LogP contribution in [0.25, 0.3) is 5.69 Å². The molecule has 1 N–H and O–H groups in total. The van der Waals surface area contributed by atoms with E-state index in [0.29, 0.717) is 10.2 Å². The molecule has 0 aliphatic heterocycles. The van der Waals surface area contributed by atoms with Gasteiger partial charge in [-0.05, 0) is 47.5 Å². The Hall–Kier alpha value is -2.38. The molecule has 0 saturated carbocycles. The van der Waals surface area contributed by atoms with E-state index in [-0.39, 0.29) is 17.7 Å². The Morgan fingerprint density at radius 1 is 1.26 bits per heavy atom. The molecule has 0 aliphatic carbocycles. The molecular weight excluding hydrogens is 382 g/mol. The van der Waals surface area contributed by atoms with E-state index in [0.717, 1.165) is 17.7 Å². The van der Waals surface area contributed by atoms with Gasteiger partial charge in [-0.3, -0.25) is 4.79 Å². The average Bonchev–Trinajstić information content (AvgIpc) is 3.14. The Balaban J connectivity index is 1.63. The third-order valence-electron chi connectivity index (χ3n) is 4.05. The first-order valence-electron chi connectivity index (χ1n) is 8.60. The van der Waals surface area contributed by atoms with Crippen molar-refractivity contribution in [2.45, 2.75) is 31.5 Å². The SMILES string of the molecule is CC[C@@H](NC(=O)CSc1nnnn1-c1cccc(Cl)c1)c1ccc(C)cc1. The van der Waals surface area contributed by atoms with Gasteiger partial charge in [0.25, 0.3) is 0 Å². The summed E-state index contributed by atoms with van der Waals surface area (Å²) in [6.07, 6.45) is 0.819. The smallest absolute Gasteiger partial charge is 0.230 e. The second kappa shape index (κ2) is 9.01. The van der Waals surface area contributed by atoms with E-state index >= 15 is 0 Å². The van der Waals surface area contributed by atoms with Crippen LogP contribution in [0.4, 0.5) is 0 Å². The average molecular weight is 402 g/mol. The molecule has 0 fully saturated rings. The maximum Gasteiger partial charge on any atom is 0.230 e. The van der Waals surface area contributed by atoms with Crippen molar-refractivity contribution in [3.8, 4) is 5.69 Å². The number of rotatable bonds is 7. The predicted molar refractivity (Wildman–Crippen MR) is 107 cm³/mol. The Morgan fingerprint density at radius 3 is 2.74 bits per heavy atom. The van der Waals surface area contributed by atoms with Gasteiger partial charge in [-0.15, -0.1) is 5.10 Å². The molecule has 1 amide bonds. The van der Waals surface area contributed by atoms with Gasteiger partial charge in [0.05, 0.1) is 17.5 Å². The number of nitrogens with one attached hydrogen (secondary N) is 1. The Morgan fingerprint density at radius 2 is 2.04 bits per heavy atom. The number of hydrogen-bond acceptors (Lipinski definition) is 5. The largest absolute Gasteiger partial charge is 0.349 e. The molecule has 1 heterocycles. The van der Waals surface area contributed by atoms with Crippen LogP contribution in [0.15, 0.2) is 53.7 Å². The van der Waals surface area contributed by atoms with Crippen LogP contribution in [0.3, 0.4) is 0 Å². The third kappa shape index (κ3) is 5.08. The molecule has 3 rings (SSSR count). The van der Waals surface area contributed by atoms with Gasteiger partial charge in [-0.25, -0.2) is 0 Å². The molecule has 1 aromatic heterocycles. The van der Waals surface area contributed by atoms with Crippen molar-refractivity contribution in [3.05, 3.63) is 64.7 Å². The number of carbonyl (C=O) groups is 1. The summed E-state index contributed by atoms with van der Waals surface area (Å²) in [6, 6.07) is 15.4. The minimum atomic E-state index is -0.0620. The first-order chi connectivity index (χ1) is 13.1. The number of carbonyl (C=O) groups excluding carboxylic acids is 1. The van der Waals surface area contributed by atoms with Gasteiger partial charge in [-0.1, -0.05) is 66.2 Å². The zero-order chi connectivity index (χ0) is 19.2. The number of thioether (sulfide) groups is 1. The van der Waals surface area contributed by atoms with Crippen LogP contribution < -0.4 is 5.32 Å². The van der Waals surface area contributed by atoms with Gasteiger partial charge in [0.2, 0.25) is 11.1 Å². The molecule has 6 nitrogen and oxygen atoms in total. The van der Waals surface area contributed by atoms with E-state index in [2.05, 4.69) is 52.0 Å². The quantitative estimate of drug-likeness (QED) is 0.606. The van der Waals surface area contributed by atoms with E-state index in [4.69, 9.17) is 11.6 Å². The lowest BCUT2D eigenvalue weighted by atomic mass is 10.0. The Bertz CT molecular complexity index is 912. The Labute approximate surface area is 167 Å². The minimum absolute atomic E-state index is 0.0115. The molecule has 0 aliphatic rings. The second-order valence-electron chi connectivity index (χ2n) is 6.08. The van der Waals surface area contributed by atoms with Crippen molar-refractivity contribution in [1.29, 1.82) is 0 Å². The van der Waals surface area contributed by atoms with Gasteiger partial charge in [-0.2, -0.15) is 4.68 Å². The first-order valence-corrected chi connectivity index (χ1v) is 9.96. The van der Waals surface area contributed by atoms with Crippen molar-refractivity contribution in [3.63, 3.8) is 0 Å². The predicted octanol–water partition coefficient (Wildman–Crippen LogP) is 3.98. The summed E-state index contributed by atoms with van der Waals surface area (Å²) >= 11 is 7.31. The summed E-state index contributed by atoms with van der Waals surface area (Å²) in [5.74, 6) is 0.164. The lowest BCUT2D eigenvalue weighted by Crippen LogP contribution is -2.29. The molecule has 0 saturated heterocycles. The standard InChI is InChI=1S/C19H20ClN5OS/c1-3-17(14-9-7-13(2)8-10-14)21-18(26)12-27-19-22-23-24-25(19)16-6-4-5-15(20)11-16/h4-11,17H,3,12H2,1-2H3,(H,21,26)/t17-/m1/s1. The van der Waals surface area contributed by atoms with Crippen molar-refractivity contribution in [1.82, 2.24) is 25.5 Å². The molecule has 1 atom stereocenters. The van der Waals surface area contributed by atoms with Gasteiger partial charge < -0.3 is 5.32 Å². The third-order valence-corrected chi connectivity index (χ3v) is 5.20. The monoisotopic (exact) mass is 401 g/mol. The van der Waals surface area contributed by atoms with Crippen molar-refractivity contribution in [2.75, 3.05) is 5.75 Å². The maximum atomic E-state index is 12.4. The number of tetrazole rings is 1. The molecular formula is C19H20ClN5OS. The fourth-order valence-corrected chi connectivity index (χ4v) is 3.51. The summed E-state index contributed by atoms with van der Waals surface area (Å²) in [6.45, 7) is 4.10. The highest BCUT2D eigenvalue weighted by molar-refractivity contribution is 7.99. The van der Waals surface area contributed by atoms with Crippen LogP contribution in [-0.4, -0.2) is 31.9 Å². The summed E-state index contributed by atoms with van der Waals surface area (Å²) < 4.78 is 1.57. The topological polar surface area (TPSA) is 72.7 Å². The lowest BCUT2D eigenvalue weighted by Gasteiger charge is -2.17. The molecule has 140 valence electrons. The van der Waals surface area contributed by atoms with Crippen molar-refractivity contribution in [2.24, 2.45) is 0 Å². The zero-order valence-electron chi connectivity index (χ0n) is 15.1. The molecule has 2 aromatic carbocycles. The highest BCUT2D eigenvalue weighted by atomic mass is 35.5. The van der Waals surface area contributed by atoms with Crippen molar-refractivity contribution >= 4 is 29.3 Å². The minimum Gasteiger partial charge on any atom is -0.349 e. The van der Waals surface area contributed by atoms with Crippen LogP contribution in [0.1, 0.15) is 30.5 Å². The number of aromatic nitrogens is 4. The summed E-state index contributed by atoms with van der Waals surface area (Å²) in [5, 5.41) is 15.9. The van der Waals surface area contributed by atoms with Crippen LogP contribution in [0, 0.1) is 6.92 Å². The fraction of sp³-hybridized carbons (Fsp3) is 0.263. The number of aryl methyl sites for hydroxylation is 1. The molecule has 27 heavy (non-hydrogen) atoms. The number of halogens is 1. The first kappa shape index (κ1) is 19.4. The molecule has 0 spiro atoms. The highest BCUT2D eigenvalue weighted by Crippen LogP contribution is 2.21. The number of nitrogens with zero attached hydrogens (tertiary/aromatic N) is 4. The van der Waals surface area contributed by atoms with E-state index in [1.807, 2.05) is 19.1 Å². The van der Waals surface area contributed by atoms with Crippen LogP contribution >= 0.6 is 23.4 Å². The number of hydrogen-bond donors (Lipinski definition) is 1. The Kier molecular flexibility index (Phi) is 6.47. The van der Waals surface area contributed by atoms with Gasteiger partial charge in [0, 0.05) is 5.02 Å². The van der Waals surface area contributed by atoms with Crippen molar-refractivity contribution < 1.29 is 4.79 Å². The maximum absolute atomic E-state index is 12.4. The zero-order valence-corrected chi connectivity index (χ0v) is 16.7. The lowest BCUT2D eigenvalue weighted by molar-refractivity contribution is -0.119. The normalized spacial score (nSPS) is 12.0. The fourth-order valence-electron chi connectivity index (χ4n) is 2.62. The van der Waals surface area contributed by atoms with E-state index < -0.39 is 0 Å². The number of amides is 1. The molecule has 0 bridgehead atoms. The highest BCUT2D eigenvalue weighted by Gasteiger charge is 2.15. The molecule has 0 radical (unpaired) electrons. The number of benzene rings is 2. The van der Waals surface area contributed by atoms with Crippen LogP contribution in [0.2, 0.25) is 5.02 Å². The van der Waals surface area contributed by atoms with Crippen LogP contribution in [0.5, 0.6) is 0 Å². The second-order valence-corrected chi connectivity index (χ2v) is 7.46. The van der Waals surface area contributed by atoms with Crippen LogP contribution in [-0.2, 0) is 4.79 Å². The molecule has 3 aromatic rings. The van der Waals surface area contributed by atoms with Gasteiger partial charge >= 0.3 is 0 Å². The summed E-state index contributed by atoms with van der Waals surface area (Å²) in [5.41, 5.74) is 3.05. The van der Waals surface area contributed by atoms with E-state index in [9.17, 15) is 4.79 Å².